The van der Waals surface area contributed by atoms with Gasteiger partial charge in [-0.3, -0.25) is 5.84 Å². The summed E-state index contributed by atoms with van der Waals surface area (Å²) >= 11 is 1.74. The lowest BCUT2D eigenvalue weighted by atomic mass is 9.75. The van der Waals surface area contributed by atoms with Crippen molar-refractivity contribution in [3.05, 3.63) is 26.5 Å². The Hall–Kier alpha value is -1.17. The maximum atomic E-state index is 12.2. The third-order valence-corrected chi connectivity index (χ3v) is 6.89. The molecule has 0 unspecified atom stereocenters. The number of carbonyl (C=O) groups is 1. The minimum Gasteiger partial charge on any atom is -0.478 e. The van der Waals surface area contributed by atoms with Gasteiger partial charge in [0.25, 0.3) is 0 Å². The van der Waals surface area contributed by atoms with Crippen molar-refractivity contribution < 1.29 is 9.90 Å². The average molecular weight is 363 g/mol. The molecule has 4 nitrogen and oxygen atoms in total. The molecule has 0 atom stereocenters. The van der Waals surface area contributed by atoms with Crippen molar-refractivity contribution in [3.63, 3.8) is 0 Å². The van der Waals surface area contributed by atoms with E-state index in [1.165, 1.54) is 28.9 Å². The van der Waals surface area contributed by atoms with Crippen molar-refractivity contribution in [1.29, 1.82) is 0 Å². The van der Waals surface area contributed by atoms with Crippen LogP contribution in [0.5, 0.6) is 0 Å². The highest BCUT2D eigenvalue weighted by atomic mass is 32.1. The molecule has 2 aliphatic rings. The lowest BCUT2D eigenvalue weighted by Crippen LogP contribution is -2.28. The van der Waals surface area contributed by atoms with E-state index < -0.39 is 5.97 Å². The average Bonchev–Trinajstić information content (AvgIpc) is 2.70. The minimum atomic E-state index is -0.762. The number of hydrogen-bond donors (Lipinski definition) is 2. The van der Waals surface area contributed by atoms with Crippen LogP contribution in [0, 0.1) is 5.41 Å². The number of hydrazine groups is 1. The van der Waals surface area contributed by atoms with E-state index in [1.54, 1.807) is 16.3 Å². The summed E-state index contributed by atoms with van der Waals surface area (Å²) < 4.78 is 0. The third-order valence-electron chi connectivity index (χ3n) is 5.54. The highest BCUT2D eigenvalue weighted by Crippen LogP contribution is 2.45. The Kier molecular flexibility index (Phi) is 5.37. The second-order valence-electron chi connectivity index (χ2n) is 8.41. The Morgan fingerprint density at radius 2 is 1.96 bits per heavy atom. The first-order valence-electron chi connectivity index (χ1n) is 9.33. The Morgan fingerprint density at radius 1 is 1.24 bits per heavy atom. The van der Waals surface area contributed by atoms with E-state index in [9.17, 15) is 9.90 Å². The first-order valence-corrected chi connectivity index (χ1v) is 10.1. The Morgan fingerprint density at radius 3 is 2.64 bits per heavy atom. The number of nitrogens with two attached hydrogens (primary N) is 1. The van der Waals surface area contributed by atoms with Crippen LogP contribution in [0.25, 0.3) is 5.57 Å². The lowest BCUT2D eigenvalue weighted by Gasteiger charge is -2.29. The lowest BCUT2D eigenvalue weighted by molar-refractivity contribution is 0.0695. The number of carboxylic acid groups (broad SMARTS) is 1. The zero-order chi connectivity index (χ0) is 18.2. The number of nitrogens with zero attached hydrogens (tertiary/aromatic N) is 1. The number of thiophene rings is 1. The van der Waals surface area contributed by atoms with Crippen molar-refractivity contribution >= 4 is 22.9 Å². The highest BCUT2D eigenvalue weighted by Gasteiger charge is 2.34. The van der Waals surface area contributed by atoms with Gasteiger partial charge in [-0.1, -0.05) is 25.8 Å². The zero-order valence-electron chi connectivity index (χ0n) is 15.7. The molecule has 2 aliphatic carbocycles. The molecule has 0 saturated heterocycles. The predicted octanol–water partition coefficient (Wildman–Crippen LogP) is 4.48. The van der Waals surface area contributed by atoms with Gasteiger partial charge in [-0.15, -0.1) is 11.3 Å². The van der Waals surface area contributed by atoms with Crippen LogP contribution >= 0.6 is 11.3 Å². The summed E-state index contributed by atoms with van der Waals surface area (Å²) in [4.78, 5) is 14.5. The molecule has 0 radical (unpaired) electrons. The molecule has 1 aromatic heterocycles. The molecule has 0 saturated carbocycles. The molecule has 1 aromatic rings. The van der Waals surface area contributed by atoms with Gasteiger partial charge in [-0.25, -0.2) is 9.80 Å². The number of allylic oxidation sites excluding steroid dienone is 1. The van der Waals surface area contributed by atoms with Crippen molar-refractivity contribution in [2.45, 2.75) is 65.2 Å². The summed E-state index contributed by atoms with van der Waals surface area (Å²) in [5.74, 6) is 5.17. The van der Waals surface area contributed by atoms with Crippen molar-refractivity contribution in [2.24, 2.45) is 11.3 Å². The smallest absolute Gasteiger partial charge is 0.337 e. The topological polar surface area (TPSA) is 66.6 Å². The van der Waals surface area contributed by atoms with Crippen LogP contribution in [0.3, 0.4) is 0 Å². The van der Waals surface area contributed by atoms with E-state index in [-0.39, 0.29) is 5.41 Å². The Labute approximate surface area is 154 Å². The molecule has 3 rings (SSSR count). The quantitative estimate of drug-likeness (QED) is 0.612. The standard InChI is InChI=1S/C20H30N2O2S/c1-20(2)10-9-16-15(11-20)17(19(23)24)18(25-16)14-8-6-4-5-7-13(14)12-22(3)21/h4-12,21H2,1-3H3,(H,23,24). The van der Waals surface area contributed by atoms with Crippen LogP contribution < -0.4 is 5.84 Å². The molecule has 138 valence electrons. The van der Waals surface area contributed by atoms with Gasteiger partial charge in [-0.05, 0) is 61.5 Å². The summed E-state index contributed by atoms with van der Waals surface area (Å²) in [6.07, 6.45) is 8.55. The summed E-state index contributed by atoms with van der Waals surface area (Å²) in [5.41, 5.74) is 4.48. The molecule has 0 amide bonds. The SMILES string of the molecule is CN(N)CC1=C(c2sc3c(c2C(=O)O)CC(C)(C)CC3)CCCCC1. The molecular formula is C20H30N2O2S. The third kappa shape index (κ3) is 3.99. The Bertz CT molecular complexity index is 701. The Balaban J connectivity index is 2.13. The monoisotopic (exact) mass is 362 g/mol. The van der Waals surface area contributed by atoms with Gasteiger partial charge in [0, 0.05) is 23.3 Å². The summed E-state index contributed by atoms with van der Waals surface area (Å²) in [6, 6.07) is 0. The van der Waals surface area contributed by atoms with E-state index >= 15 is 0 Å². The molecule has 0 spiro atoms. The highest BCUT2D eigenvalue weighted by molar-refractivity contribution is 7.13. The van der Waals surface area contributed by atoms with Crippen molar-refractivity contribution in [2.75, 3.05) is 13.6 Å². The van der Waals surface area contributed by atoms with E-state index in [4.69, 9.17) is 5.84 Å². The number of hydrogen-bond acceptors (Lipinski definition) is 4. The van der Waals surface area contributed by atoms with Crippen molar-refractivity contribution in [3.8, 4) is 0 Å². The fraction of sp³-hybridized carbons (Fsp3) is 0.650. The van der Waals surface area contributed by atoms with Crippen LogP contribution in [-0.2, 0) is 12.8 Å². The maximum absolute atomic E-state index is 12.2. The van der Waals surface area contributed by atoms with Gasteiger partial charge in [0.1, 0.15) is 0 Å². The number of aromatic carboxylic acids is 1. The van der Waals surface area contributed by atoms with Crippen LogP contribution in [0.15, 0.2) is 5.57 Å². The van der Waals surface area contributed by atoms with Crippen LogP contribution in [0.4, 0.5) is 0 Å². The molecule has 0 fully saturated rings. The molecule has 25 heavy (non-hydrogen) atoms. The summed E-state index contributed by atoms with van der Waals surface area (Å²) in [5, 5.41) is 11.7. The van der Waals surface area contributed by atoms with Gasteiger partial charge >= 0.3 is 5.97 Å². The van der Waals surface area contributed by atoms with Gasteiger partial charge in [0.15, 0.2) is 0 Å². The number of rotatable bonds is 4. The molecule has 0 bridgehead atoms. The summed E-state index contributed by atoms with van der Waals surface area (Å²) in [7, 11) is 1.88. The molecular weight excluding hydrogens is 332 g/mol. The molecule has 3 N–H and O–H groups in total. The van der Waals surface area contributed by atoms with Crippen LogP contribution in [0.1, 0.15) is 78.0 Å². The number of carboxylic acids is 1. The van der Waals surface area contributed by atoms with Crippen LogP contribution in [0.2, 0.25) is 0 Å². The van der Waals surface area contributed by atoms with Gasteiger partial charge in [0.05, 0.1) is 5.56 Å². The molecule has 0 aliphatic heterocycles. The number of likely N-dealkylation sites (N-methyl/N-ethyl adjacent to an activating group) is 1. The number of aryl methyl sites for hydroxylation is 1. The minimum absolute atomic E-state index is 0.188. The molecule has 5 heteroatoms. The van der Waals surface area contributed by atoms with Crippen molar-refractivity contribution in [1.82, 2.24) is 5.01 Å². The first-order chi connectivity index (χ1) is 11.8. The van der Waals surface area contributed by atoms with Gasteiger partial charge in [0.2, 0.25) is 0 Å². The van der Waals surface area contributed by atoms with E-state index in [2.05, 4.69) is 13.8 Å². The fourth-order valence-electron chi connectivity index (χ4n) is 4.25. The van der Waals surface area contributed by atoms with Gasteiger partial charge in [-0.2, -0.15) is 0 Å². The van der Waals surface area contributed by atoms with Crippen LogP contribution in [-0.4, -0.2) is 29.7 Å². The maximum Gasteiger partial charge on any atom is 0.337 e. The second kappa shape index (κ2) is 7.22. The first kappa shape index (κ1) is 18.6. The second-order valence-corrected chi connectivity index (χ2v) is 9.52. The summed E-state index contributed by atoms with van der Waals surface area (Å²) in [6.45, 7) is 5.22. The number of fused-ring (bicyclic) bond motifs is 1. The molecule has 1 heterocycles. The van der Waals surface area contributed by atoms with E-state index in [0.29, 0.717) is 5.56 Å². The van der Waals surface area contributed by atoms with Gasteiger partial charge < -0.3 is 5.11 Å². The van der Waals surface area contributed by atoms with E-state index in [1.807, 2.05) is 7.05 Å². The van der Waals surface area contributed by atoms with E-state index in [0.717, 1.165) is 55.5 Å². The normalized spacial score (nSPS) is 20.5. The zero-order valence-corrected chi connectivity index (χ0v) is 16.5. The fourth-order valence-corrected chi connectivity index (χ4v) is 5.68. The largest absolute Gasteiger partial charge is 0.478 e. The predicted molar refractivity (Wildman–Crippen MR) is 104 cm³/mol. The molecule has 0 aromatic carbocycles.